The van der Waals surface area contributed by atoms with Crippen LogP contribution in [0.25, 0.3) is 0 Å². The maximum atomic E-state index is 9.57. The van der Waals surface area contributed by atoms with Crippen LogP contribution in [0.2, 0.25) is 0 Å². The lowest BCUT2D eigenvalue weighted by Gasteiger charge is -2.22. The summed E-state index contributed by atoms with van der Waals surface area (Å²) in [6, 6.07) is -0.612. The maximum Gasteiger partial charge on any atom is 0.0991 e. The van der Waals surface area contributed by atoms with Gasteiger partial charge in [-0.3, -0.25) is 4.90 Å². The number of hydrogen-bond donors (Lipinski definition) is 4. The molecule has 0 spiro atoms. The zero-order valence-corrected chi connectivity index (χ0v) is 7.24. The smallest absolute Gasteiger partial charge is 0.0991 e. The number of nitrogens with zero attached hydrogens (tertiary/aromatic N) is 1. The van der Waals surface area contributed by atoms with Gasteiger partial charge in [-0.05, 0) is 6.42 Å². The molecule has 13 heavy (non-hydrogen) atoms. The molecule has 0 aromatic rings. The van der Waals surface area contributed by atoms with Crippen molar-refractivity contribution in [2.45, 2.75) is 36.8 Å². The van der Waals surface area contributed by atoms with Crippen molar-refractivity contribution in [1.82, 2.24) is 4.90 Å². The van der Waals surface area contributed by atoms with Gasteiger partial charge in [-0.2, -0.15) is 0 Å². The van der Waals surface area contributed by atoms with Crippen LogP contribution in [-0.4, -0.2) is 68.9 Å². The normalized spacial score (nSPS) is 51.2. The van der Waals surface area contributed by atoms with Crippen LogP contribution < -0.4 is 0 Å². The molecular formula is C8H15NO4. The van der Waals surface area contributed by atoms with E-state index in [1.54, 1.807) is 4.90 Å². The van der Waals surface area contributed by atoms with E-state index >= 15 is 0 Å². The predicted molar refractivity (Wildman–Crippen MR) is 44.0 cm³/mol. The van der Waals surface area contributed by atoms with Crippen LogP contribution in [0.4, 0.5) is 0 Å². The summed E-state index contributed by atoms with van der Waals surface area (Å²) in [4.78, 5) is 1.79. The monoisotopic (exact) mass is 189 g/mol. The van der Waals surface area contributed by atoms with Gasteiger partial charge < -0.3 is 20.4 Å². The molecule has 0 bridgehead atoms. The third-order valence-corrected chi connectivity index (χ3v) is 3.11. The maximum absolute atomic E-state index is 9.57. The van der Waals surface area contributed by atoms with Crippen LogP contribution >= 0.6 is 0 Å². The van der Waals surface area contributed by atoms with E-state index in [0.29, 0.717) is 13.0 Å². The largest absolute Gasteiger partial charge is 0.395 e. The third kappa shape index (κ3) is 1.28. The molecule has 5 atom stereocenters. The molecule has 2 aliphatic heterocycles. The van der Waals surface area contributed by atoms with Gasteiger partial charge >= 0.3 is 0 Å². The first-order valence-corrected chi connectivity index (χ1v) is 4.56. The summed E-state index contributed by atoms with van der Waals surface area (Å²) in [5.41, 5.74) is 0. The van der Waals surface area contributed by atoms with Gasteiger partial charge in [-0.15, -0.1) is 0 Å². The number of aliphatic hydroxyl groups is 4. The van der Waals surface area contributed by atoms with Crippen LogP contribution in [0.1, 0.15) is 6.42 Å². The quantitative estimate of drug-likeness (QED) is 0.367. The van der Waals surface area contributed by atoms with Crippen molar-refractivity contribution in [2.24, 2.45) is 0 Å². The van der Waals surface area contributed by atoms with E-state index in [9.17, 15) is 15.3 Å². The Labute approximate surface area is 76.2 Å². The molecule has 0 aromatic carbocycles. The topological polar surface area (TPSA) is 84.2 Å². The summed E-state index contributed by atoms with van der Waals surface area (Å²) in [7, 11) is 0. The van der Waals surface area contributed by atoms with Gasteiger partial charge in [0.05, 0.1) is 31.0 Å². The molecule has 5 nitrogen and oxygen atoms in total. The Hall–Kier alpha value is -0.200. The average Bonchev–Trinajstić information content (AvgIpc) is 2.54. The van der Waals surface area contributed by atoms with Gasteiger partial charge in [-0.25, -0.2) is 0 Å². The summed E-state index contributed by atoms with van der Waals surface area (Å²) in [6.07, 6.45) is -1.69. The van der Waals surface area contributed by atoms with Gasteiger partial charge in [0.25, 0.3) is 0 Å². The molecule has 0 amide bonds. The fourth-order valence-electron chi connectivity index (χ4n) is 2.45. The Bertz CT molecular complexity index is 199. The van der Waals surface area contributed by atoms with Crippen LogP contribution in [0.5, 0.6) is 0 Å². The van der Waals surface area contributed by atoms with Crippen LogP contribution in [-0.2, 0) is 0 Å². The number of rotatable bonds is 1. The van der Waals surface area contributed by atoms with Crippen molar-refractivity contribution >= 4 is 0 Å². The van der Waals surface area contributed by atoms with Crippen LogP contribution in [0, 0.1) is 0 Å². The summed E-state index contributed by atoms with van der Waals surface area (Å²) in [6.45, 7) is 0.255. The molecule has 2 heterocycles. The highest BCUT2D eigenvalue weighted by Crippen LogP contribution is 2.32. The molecule has 0 aliphatic carbocycles. The zero-order valence-electron chi connectivity index (χ0n) is 7.24. The van der Waals surface area contributed by atoms with E-state index in [1.807, 2.05) is 0 Å². The second-order valence-corrected chi connectivity index (χ2v) is 3.88. The van der Waals surface area contributed by atoms with E-state index in [2.05, 4.69) is 0 Å². The SMILES string of the molecule is OC[C@H]1[C@@H](O)[C@H](O)[C@@H]2C[C@@H](O)CN12. The van der Waals surface area contributed by atoms with Crippen molar-refractivity contribution in [3.8, 4) is 0 Å². The lowest BCUT2D eigenvalue weighted by molar-refractivity contribution is 0.00859. The first-order chi connectivity index (χ1) is 6.15. The van der Waals surface area contributed by atoms with Gasteiger partial charge in [0, 0.05) is 12.6 Å². The molecule has 2 fully saturated rings. The second kappa shape index (κ2) is 3.18. The number of fused-ring (bicyclic) bond motifs is 1. The minimum atomic E-state index is -0.887. The molecule has 0 saturated carbocycles. The first-order valence-electron chi connectivity index (χ1n) is 4.56. The first kappa shape index (κ1) is 9.36. The lowest BCUT2D eigenvalue weighted by atomic mass is 10.0. The molecule has 0 aromatic heterocycles. The summed E-state index contributed by atoms with van der Waals surface area (Å²) in [5, 5.41) is 37.4. The van der Waals surface area contributed by atoms with Gasteiger partial charge in [0.2, 0.25) is 0 Å². The second-order valence-electron chi connectivity index (χ2n) is 3.88. The predicted octanol–water partition coefficient (Wildman–Crippen LogP) is -2.48. The number of aliphatic hydroxyl groups excluding tert-OH is 4. The third-order valence-electron chi connectivity index (χ3n) is 3.11. The van der Waals surface area contributed by atoms with Crippen LogP contribution in [0.15, 0.2) is 0 Å². The standard InChI is InChI=1S/C8H15NO4/c10-3-6-8(13)7(12)5-1-4(11)2-9(5)6/h4-8,10-13H,1-3H2/t4-,5+,6+,7-,8-/m1/s1. The Kier molecular flexibility index (Phi) is 2.29. The van der Waals surface area contributed by atoms with Gasteiger partial charge in [0.1, 0.15) is 0 Å². The van der Waals surface area contributed by atoms with Crippen molar-refractivity contribution in [3.05, 3.63) is 0 Å². The van der Waals surface area contributed by atoms with Gasteiger partial charge in [0.15, 0.2) is 0 Å². The molecule has 0 radical (unpaired) electrons. The van der Waals surface area contributed by atoms with Crippen molar-refractivity contribution in [2.75, 3.05) is 13.2 Å². The Morgan fingerprint density at radius 1 is 1.15 bits per heavy atom. The fourth-order valence-corrected chi connectivity index (χ4v) is 2.45. The fraction of sp³-hybridized carbons (Fsp3) is 1.00. The van der Waals surface area contributed by atoms with Crippen LogP contribution in [0.3, 0.4) is 0 Å². The van der Waals surface area contributed by atoms with E-state index in [4.69, 9.17) is 5.11 Å². The molecule has 2 rings (SSSR count). The molecule has 0 unspecified atom stereocenters. The van der Waals surface area contributed by atoms with Crippen molar-refractivity contribution in [3.63, 3.8) is 0 Å². The number of hydrogen-bond acceptors (Lipinski definition) is 5. The van der Waals surface area contributed by atoms with E-state index in [-0.39, 0.29) is 12.6 Å². The van der Waals surface area contributed by atoms with E-state index in [0.717, 1.165) is 0 Å². The minimum Gasteiger partial charge on any atom is -0.395 e. The molecular weight excluding hydrogens is 174 g/mol. The Balaban J connectivity index is 2.15. The highest BCUT2D eigenvalue weighted by molar-refractivity contribution is 5.05. The lowest BCUT2D eigenvalue weighted by Crippen LogP contribution is -2.40. The highest BCUT2D eigenvalue weighted by atomic mass is 16.3. The summed E-state index contributed by atoms with van der Waals surface area (Å²) < 4.78 is 0. The zero-order chi connectivity index (χ0) is 9.59. The summed E-state index contributed by atoms with van der Waals surface area (Å²) in [5.74, 6) is 0. The minimum absolute atomic E-state index is 0.179. The van der Waals surface area contributed by atoms with Gasteiger partial charge in [-0.1, -0.05) is 0 Å². The average molecular weight is 189 g/mol. The molecule has 4 N–H and O–H groups in total. The van der Waals surface area contributed by atoms with Crippen molar-refractivity contribution < 1.29 is 20.4 Å². The van der Waals surface area contributed by atoms with Crippen molar-refractivity contribution in [1.29, 1.82) is 0 Å². The molecule has 5 heteroatoms. The van der Waals surface area contributed by atoms with E-state index < -0.39 is 24.4 Å². The molecule has 2 saturated heterocycles. The molecule has 2 aliphatic rings. The Morgan fingerprint density at radius 3 is 2.46 bits per heavy atom. The Morgan fingerprint density at radius 2 is 1.85 bits per heavy atom. The van der Waals surface area contributed by atoms with E-state index in [1.165, 1.54) is 0 Å². The molecule has 76 valence electrons. The summed E-state index contributed by atoms with van der Waals surface area (Å²) >= 11 is 0. The highest BCUT2D eigenvalue weighted by Gasteiger charge is 2.51.